The molecule has 0 atom stereocenters. The summed E-state index contributed by atoms with van der Waals surface area (Å²) in [6, 6.07) is 7.92. The number of piperidine rings is 1. The number of hydrogen-bond donors (Lipinski definition) is 0. The number of halogens is 3. The standard InChI is InChI=1S/C21H23BrCl2N2/c1-14-13-17(26-11-9-21(10-12-26)7-2-3-8-21)20(22)25-19(14)15-5-4-6-16(23)18(15)24/h4-6,13H,2-3,7-12H2,1H3. The van der Waals surface area contributed by atoms with Crippen LogP contribution in [0.25, 0.3) is 11.3 Å². The molecular formula is C21H23BrCl2N2. The van der Waals surface area contributed by atoms with Crippen molar-refractivity contribution in [3.05, 3.63) is 44.5 Å². The predicted octanol–water partition coefficient (Wildman–Crippen LogP) is 7.29. The Morgan fingerprint density at radius 3 is 2.46 bits per heavy atom. The maximum absolute atomic E-state index is 6.41. The summed E-state index contributed by atoms with van der Waals surface area (Å²) in [5, 5.41) is 1.12. The first-order valence-electron chi connectivity index (χ1n) is 9.36. The number of pyridine rings is 1. The van der Waals surface area contributed by atoms with Crippen LogP contribution >= 0.6 is 39.1 Å². The molecular weight excluding hydrogens is 431 g/mol. The number of hydrogen-bond acceptors (Lipinski definition) is 2. The molecule has 2 heterocycles. The maximum atomic E-state index is 6.41. The molecule has 1 aromatic carbocycles. The lowest BCUT2D eigenvalue weighted by molar-refractivity contribution is 0.226. The summed E-state index contributed by atoms with van der Waals surface area (Å²) >= 11 is 16.3. The molecule has 1 aromatic heterocycles. The molecule has 2 nitrogen and oxygen atoms in total. The summed E-state index contributed by atoms with van der Waals surface area (Å²) in [5.41, 5.74) is 4.70. The van der Waals surface area contributed by atoms with Crippen molar-refractivity contribution in [3.63, 3.8) is 0 Å². The van der Waals surface area contributed by atoms with E-state index in [0.29, 0.717) is 15.5 Å². The monoisotopic (exact) mass is 452 g/mol. The van der Waals surface area contributed by atoms with E-state index in [9.17, 15) is 0 Å². The van der Waals surface area contributed by atoms with E-state index in [0.717, 1.165) is 34.5 Å². The number of aromatic nitrogens is 1. The molecule has 1 spiro atoms. The molecule has 5 heteroatoms. The lowest BCUT2D eigenvalue weighted by atomic mass is 9.77. The van der Waals surface area contributed by atoms with Gasteiger partial charge in [-0.15, -0.1) is 0 Å². The van der Waals surface area contributed by atoms with E-state index in [2.05, 4.69) is 33.8 Å². The molecule has 0 bridgehead atoms. The third-order valence-corrected chi connectivity index (χ3v) is 7.59. The largest absolute Gasteiger partial charge is 0.369 e. The molecule has 2 fully saturated rings. The van der Waals surface area contributed by atoms with Crippen LogP contribution < -0.4 is 4.90 Å². The second-order valence-corrected chi connectivity index (χ2v) is 9.30. The highest BCUT2D eigenvalue weighted by Crippen LogP contribution is 2.47. The summed E-state index contributed by atoms with van der Waals surface area (Å²) in [4.78, 5) is 7.32. The highest BCUT2D eigenvalue weighted by Gasteiger charge is 2.37. The van der Waals surface area contributed by atoms with Crippen LogP contribution in [0, 0.1) is 12.3 Å². The van der Waals surface area contributed by atoms with Crippen LogP contribution in [0.15, 0.2) is 28.9 Å². The molecule has 1 aliphatic heterocycles. The van der Waals surface area contributed by atoms with E-state index in [4.69, 9.17) is 28.2 Å². The van der Waals surface area contributed by atoms with Crippen LogP contribution in [0.4, 0.5) is 5.69 Å². The zero-order valence-electron chi connectivity index (χ0n) is 15.0. The zero-order chi connectivity index (χ0) is 18.3. The Hall–Kier alpha value is -0.770. The third-order valence-electron chi connectivity index (χ3n) is 6.18. The van der Waals surface area contributed by atoms with E-state index >= 15 is 0 Å². The third kappa shape index (κ3) is 3.39. The van der Waals surface area contributed by atoms with Crippen LogP contribution in [0.5, 0.6) is 0 Å². The number of nitrogens with zero attached hydrogens (tertiary/aromatic N) is 2. The quantitative estimate of drug-likeness (QED) is 0.443. The minimum atomic E-state index is 0.559. The molecule has 2 aliphatic rings. The Morgan fingerprint density at radius 2 is 1.77 bits per heavy atom. The average molecular weight is 454 g/mol. The highest BCUT2D eigenvalue weighted by molar-refractivity contribution is 9.10. The lowest BCUT2D eigenvalue weighted by Gasteiger charge is -2.40. The molecule has 0 N–H and O–H groups in total. The first kappa shape index (κ1) is 18.6. The van der Waals surface area contributed by atoms with Gasteiger partial charge in [0.05, 0.1) is 21.4 Å². The van der Waals surface area contributed by atoms with Crippen LogP contribution in [0.1, 0.15) is 44.1 Å². The van der Waals surface area contributed by atoms with Crippen LogP contribution in [0.2, 0.25) is 10.0 Å². The van der Waals surface area contributed by atoms with Gasteiger partial charge < -0.3 is 4.90 Å². The van der Waals surface area contributed by atoms with E-state index in [1.807, 2.05) is 12.1 Å². The van der Waals surface area contributed by atoms with Gasteiger partial charge >= 0.3 is 0 Å². The lowest BCUT2D eigenvalue weighted by Crippen LogP contribution is -2.39. The first-order valence-corrected chi connectivity index (χ1v) is 10.9. The Kier molecular flexibility index (Phi) is 5.24. The molecule has 0 unspecified atom stereocenters. The van der Waals surface area contributed by atoms with Gasteiger partial charge in [-0.1, -0.05) is 48.2 Å². The second kappa shape index (κ2) is 7.33. The van der Waals surface area contributed by atoms with Gasteiger partial charge in [0, 0.05) is 18.7 Å². The molecule has 138 valence electrons. The van der Waals surface area contributed by atoms with E-state index in [-0.39, 0.29) is 0 Å². The van der Waals surface area contributed by atoms with Gasteiger partial charge in [0.25, 0.3) is 0 Å². The number of rotatable bonds is 2. The van der Waals surface area contributed by atoms with Crippen molar-refractivity contribution in [3.8, 4) is 11.3 Å². The molecule has 1 saturated carbocycles. The smallest absolute Gasteiger partial charge is 0.130 e. The Morgan fingerprint density at radius 1 is 1.08 bits per heavy atom. The van der Waals surface area contributed by atoms with Gasteiger partial charge in [0.15, 0.2) is 0 Å². The topological polar surface area (TPSA) is 16.1 Å². The summed E-state index contributed by atoms with van der Waals surface area (Å²) in [6.07, 6.45) is 8.29. The fraction of sp³-hybridized carbons (Fsp3) is 0.476. The SMILES string of the molecule is Cc1cc(N2CCC3(CCCC3)CC2)c(Br)nc1-c1cccc(Cl)c1Cl. The molecule has 0 radical (unpaired) electrons. The maximum Gasteiger partial charge on any atom is 0.130 e. The van der Waals surface area contributed by atoms with Crippen LogP contribution in [0.3, 0.4) is 0 Å². The van der Waals surface area contributed by atoms with Crippen molar-refractivity contribution < 1.29 is 0 Å². The average Bonchev–Trinajstić information content (AvgIpc) is 3.08. The van der Waals surface area contributed by atoms with Crippen LogP contribution in [-0.4, -0.2) is 18.1 Å². The molecule has 0 amide bonds. The molecule has 2 aromatic rings. The summed E-state index contributed by atoms with van der Waals surface area (Å²) in [6.45, 7) is 4.34. The number of anilines is 1. The zero-order valence-corrected chi connectivity index (χ0v) is 18.1. The predicted molar refractivity (Wildman–Crippen MR) is 114 cm³/mol. The fourth-order valence-corrected chi connectivity index (χ4v) is 5.54. The Balaban J connectivity index is 1.61. The van der Waals surface area contributed by atoms with Gasteiger partial charge in [-0.05, 0) is 71.6 Å². The van der Waals surface area contributed by atoms with Gasteiger partial charge in [-0.2, -0.15) is 0 Å². The minimum absolute atomic E-state index is 0.559. The molecule has 4 rings (SSSR count). The number of aryl methyl sites for hydroxylation is 1. The summed E-state index contributed by atoms with van der Waals surface area (Å²) in [7, 11) is 0. The van der Waals surface area contributed by atoms with E-state index in [1.165, 1.54) is 44.2 Å². The normalized spacial score (nSPS) is 19.3. The first-order chi connectivity index (χ1) is 12.5. The number of benzene rings is 1. The van der Waals surface area contributed by atoms with Crippen molar-refractivity contribution in [1.82, 2.24) is 4.98 Å². The summed E-state index contributed by atoms with van der Waals surface area (Å²) in [5.74, 6) is 0. The van der Waals surface area contributed by atoms with Gasteiger partial charge in [0.1, 0.15) is 4.60 Å². The highest BCUT2D eigenvalue weighted by atomic mass is 79.9. The van der Waals surface area contributed by atoms with Gasteiger partial charge in [-0.3, -0.25) is 0 Å². The molecule has 26 heavy (non-hydrogen) atoms. The van der Waals surface area contributed by atoms with Crippen molar-refractivity contribution in [1.29, 1.82) is 0 Å². The fourth-order valence-electron chi connectivity index (χ4n) is 4.60. The molecule has 1 aliphatic carbocycles. The van der Waals surface area contributed by atoms with E-state index < -0.39 is 0 Å². The van der Waals surface area contributed by atoms with Crippen molar-refractivity contribution >= 4 is 44.8 Å². The van der Waals surface area contributed by atoms with Crippen molar-refractivity contribution in [2.45, 2.75) is 45.4 Å². The van der Waals surface area contributed by atoms with Gasteiger partial charge in [-0.25, -0.2) is 4.98 Å². The van der Waals surface area contributed by atoms with Crippen molar-refractivity contribution in [2.75, 3.05) is 18.0 Å². The Labute approximate surface area is 174 Å². The van der Waals surface area contributed by atoms with Gasteiger partial charge in [0.2, 0.25) is 0 Å². The summed E-state index contributed by atoms with van der Waals surface area (Å²) < 4.78 is 0.886. The second-order valence-electron chi connectivity index (χ2n) is 7.76. The van der Waals surface area contributed by atoms with Crippen molar-refractivity contribution in [2.24, 2.45) is 5.41 Å². The van der Waals surface area contributed by atoms with Crippen LogP contribution in [-0.2, 0) is 0 Å². The minimum Gasteiger partial charge on any atom is -0.369 e. The van der Waals surface area contributed by atoms with E-state index in [1.54, 1.807) is 6.07 Å². The Bertz CT molecular complexity index is 821. The molecule has 1 saturated heterocycles.